The molecule has 122 valence electrons. The molecule has 0 aromatic heterocycles. The molecule has 23 heavy (non-hydrogen) atoms. The summed E-state index contributed by atoms with van der Waals surface area (Å²) in [4.78, 5) is 12.1. The van der Waals surface area contributed by atoms with E-state index in [-0.39, 0.29) is 18.0 Å². The largest absolute Gasteiger partial charge is 0.487 e. The second-order valence-corrected chi connectivity index (χ2v) is 6.42. The molecular weight excluding hydrogens is 288 g/mol. The van der Waals surface area contributed by atoms with Crippen LogP contribution in [0.5, 0.6) is 5.75 Å². The van der Waals surface area contributed by atoms with Crippen molar-refractivity contribution >= 4 is 11.6 Å². The van der Waals surface area contributed by atoms with Gasteiger partial charge in [-0.25, -0.2) is 0 Å². The number of carbonyl (C=O) groups excluding carboxylic acids is 1. The first-order valence-corrected chi connectivity index (χ1v) is 7.75. The van der Waals surface area contributed by atoms with Crippen molar-refractivity contribution in [2.45, 2.75) is 32.9 Å². The molecule has 0 saturated heterocycles. The van der Waals surface area contributed by atoms with Gasteiger partial charge in [-0.3, -0.25) is 4.79 Å². The molecule has 0 atom stereocenters. The third-order valence-electron chi connectivity index (χ3n) is 3.18. The summed E-state index contributed by atoms with van der Waals surface area (Å²) in [6.07, 6.45) is 0. The third-order valence-corrected chi connectivity index (χ3v) is 3.18. The molecule has 0 aliphatic heterocycles. The van der Waals surface area contributed by atoms with Gasteiger partial charge in [-0.2, -0.15) is 0 Å². The SMILES string of the molecule is CC(C)(C)NCC(=O)Nc1ccccc1OCc1ccccc1. The summed E-state index contributed by atoms with van der Waals surface area (Å²) < 4.78 is 5.83. The highest BCUT2D eigenvalue weighted by atomic mass is 16.5. The zero-order chi connectivity index (χ0) is 16.7. The van der Waals surface area contributed by atoms with E-state index < -0.39 is 0 Å². The monoisotopic (exact) mass is 312 g/mol. The first-order chi connectivity index (χ1) is 10.9. The highest BCUT2D eigenvalue weighted by Gasteiger charge is 2.12. The highest BCUT2D eigenvalue weighted by molar-refractivity contribution is 5.93. The molecule has 0 spiro atoms. The smallest absolute Gasteiger partial charge is 0.238 e. The molecule has 0 heterocycles. The Bertz CT molecular complexity index is 633. The summed E-state index contributed by atoms with van der Waals surface area (Å²) >= 11 is 0. The van der Waals surface area contributed by atoms with E-state index in [1.165, 1.54) is 0 Å². The molecule has 2 rings (SSSR count). The molecule has 0 bridgehead atoms. The summed E-state index contributed by atoms with van der Waals surface area (Å²) in [5, 5.41) is 6.06. The Labute approximate surface area is 137 Å². The van der Waals surface area contributed by atoms with E-state index in [0.717, 1.165) is 5.56 Å². The van der Waals surface area contributed by atoms with Gasteiger partial charge >= 0.3 is 0 Å². The van der Waals surface area contributed by atoms with Gasteiger partial charge in [0.2, 0.25) is 5.91 Å². The molecule has 4 nitrogen and oxygen atoms in total. The van der Waals surface area contributed by atoms with Crippen molar-refractivity contribution in [3.63, 3.8) is 0 Å². The van der Waals surface area contributed by atoms with Crippen molar-refractivity contribution in [3.8, 4) is 5.75 Å². The van der Waals surface area contributed by atoms with Crippen LogP contribution in [0.1, 0.15) is 26.3 Å². The minimum atomic E-state index is -0.0966. The van der Waals surface area contributed by atoms with Crippen LogP contribution in [-0.4, -0.2) is 18.0 Å². The normalized spacial score (nSPS) is 11.1. The van der Waals surface area contributed by atoms with Gasteiger partial charge in [-0.1, -0.05) is 42.5 Å². The number of amides is 1. The number of ether oxygens (including phenoxy) is 1. The Morgan fingerprint density at radius 3 is 2.35 bits per heavy atom. The van der Waals surface area contributed by atoms with Gasteiger partial charge in [0.15, 0.2) is 0 Å². The van der Waals surface area contributed by atoms with Crippen LogP contribution in [0.4, 0.5) is 5.69 Å². The fourth-order valence-corrected chi connectivity index (χ4v) is 1.97. The topological polar surface area (TPSA) is 50.4 Å². The minimum Gasteiger partial charge on any atom is -0.487 e. The van der Waals surface area contributed by atoms with Crippen molar-refractivity contribution < 1.29 is 9.53 Å². The standard InChI is InChI=1S/C19H24N2O2/c1-19(2,3)20-13-18(22)21-16-11-7-8-12-17(16)23-14-15-9-5-4-6-10-15/h4-12,20H,13-14H2,1-3H3,(H,21,22). The fourth-order valence-electron chi connectivity index (χ4n) is 1.97. The number of benzene rings is 2. The third kappa shape index (κ3) is 6.12. The quantitative estimate of drug-likeness (QED) is 0.857. The lowest BCUT2D eigenvalue weighted by Crippen LogP contribution is -2.41. The Morgan fingerprint density at radius 2 is 1.65 bits per heavy atom. The minimum absolute atomic E-state index is 0.0873. The lowest BCUT2D eigenvalue weighted by Gasteiger charge is -2.20. The summed E-state index contributed by atoms with van der Waals surface area (Å²) in [6.45, 7) is 6.80. The second-order valence-electron chi connectivity index (χ2n) is 6.42. The zero-order valence-corrected chi connectivity index (χ0v) is 13.9. The molecule has 2 aromatic carbocycles. The Kier molecular flexibility index (Phi) is 5.77. The van der Waals surface area contributed by atoms with E-state index in [1.54, 1.807) is 0 Å². The zero-order valence-electron chi connectivity index (χ0n) is 13.9. The first-order valence-electron chi connectivity index (χ1n) is 7.75. The lowest BCUT2D eigenvalue weighted by molar-refractivity contribution is -0.115. The van der Waals surface area contributed by atoms with Crippen LogP contribution in [0.15, 0.2) is 54.6 Å². The Hall–Kier alpha value is -2.33. The fraction of sp³-hybridized carbons (Fsp3) is 0.316. The molecule has 4 heteroatoms. The molecular formula is C19H24N2O2. The first kappa shape index (κ1) is 17.0. The molecule has 0 saturated carbocycles. The number of para-hydroxylation sites is 2. The van der Waals surface area contributed by atoms with Crippen molar-refractivity contribution in [1.29, 1.82) is 0 Å². The van der Waals surface area contributed by atoms with Crippen LogP contribution in [0.2, 0.25) is 0 Å². The molecule has 0 aliphatic carbocycles. The maximum absolute atomic E-state index is 12.1. The van der Waals surface area contributed by atoms with Gasteiger partial charge in [0.1, 0.15) is 12.4 Å². The van der Waals surface area contributed by atoms with Crippen LogP contribution in [-0.2, 0) is 11.4 Å². The van der Waals surface area contributed by atoms with Crippen molar-refractivity contribution in [2.75, 3.05) is 11.9 Å². The van der Waals surface area contributed by atoms with E-state index in [1.807, 2.05) is 75.4 Å². The van der Waals surface area contributed by atoms with Gasteiger partial charge in [0.05, 0.1) is 12.2 Å². The number of hydrogen-bond acceptors (Lipinski definition) is 3. The number of nitrogens with one attached hydrogen (secondary N) is 2. The molecule has 0 radical (unpaired) electrons. The number of rotatable bonds is 6. The molecule has 0 fully saturated rings. The van der Waals surface area contributed by atoms with Gasteiger partial charge in [0.25, 0.3) is 0 Å². The Balaban J connectivity index is 1.96. The van der Waals surface area contributed by atoms with E-state index in [4.69, 9.17) is 4.74 Å². The average molecular weight is 312 g/mol. The number of carbonyl (C=O) groups is 1. The van der Waals surface area contributed by atoms with E-state index >= 15 is 0 Å². The highest BCUT2D eigenvalue weighted by Crippen LogP contribution is 2.24. The molecule has 2 N–H and O–H groups in total. The summed E-state index contributed by atoms with van der Waals surface area (Å²) in [6, 6.07) is 17.4. The average Bonchev–Trinajstić information content (AvgIpc) is 2.52. The molecule has 0 aliphatic rings. The maximum atomic E-state index is 12.1. The molecule has 0 unspecified atom stereocenters. The maximum Gasteiger partial charge on any atom is 0.238 e. The van der Waals surface area contributed by atoms with Crippen LogP contribution in [0.25, 0.3) is 0 Å². The van der Waals surface area contributed by atoms with Crippen molar-refractivity contribution in [3.05, 3.63) is 60.2 Å². The predicted molar refractivity (Wildman–Crippen MR) is 93.6 cm³/mol. The number of anilines is 1. The second kappa shape index (κ2) is 7.79. The summed E-state index contributed by atoms with van der Waals surface area (Å²) in [7, 11) is 0. The van der Waals surface area contributed by atoms with E-state index in [0.29, 0.717) is 18.0 Å². The van der Waals surface area contributed by atoms with Crippen LogP contribution < -0.4 is 15.4 Å². The van der Waals surface area contributed by atoms with Crippen LogP contribution >= 0.6 is 0 Å². The van der Waals surface area contributed by atoms with Crippen molar-refractivity contribution in [2.24, 2.45) is 0 Å². The van der Waals surface area contributed by atoms with Crippen molar-refractivity contribution in [1.82, 2.24) is 5.32 Å². The van der Waals surface area contributed by atoms with Crippen LogP contribution in [0, 0.1) is 0 Å². The lowest BCUT2D eigenvalue weighted by atomic mass is 10.1. The van der Waals surface area contributed by atoms with Crippen LogP contribution in [0.3, 0.4) is 0 Å². The summed E-state index contributed by atoms with van der Waals surface area (Å²) in [5.74, 6) is 0.580. The van der Waals surface area contributed by atoms with Gasteiger partial charge in [-0.15, -0.1) is 0 Å². The van der Waals surface area contributed by atoms with E-state index in [2.05, 4.69) is 10.6 Å². The number of hydrogen-bond donors (Lipinski definition) is 2. The summed E-state index contributed by atoms with van der Waals surface area (Å²) in [5.41, 5.74) is 1.67. The van der Waals surface area contributed by atoms with Gasteiger partial charge < -0.3 is 15.4 Å². The molecule has 2 aromatic rings. The van der Waals surface area contributed by atoms with E-state index in [9.17, 15) is 4.79 Å². The van der Waals surface area contributed by atoms with Gasteiger partial charge in [0, 0.05) is 5.54 Å². The van der Waals surface area contributed by atoms with Gasteiger partial charge in [-0.05, 0) is 38.5 Å². The Morgan fingerprint density at radius 1 is 1.00 bits per heavy atom. The predicted octanol–water partition coefficient (Wildman–Crippen LogP) is 3.59. The molecule has 1 amide bonds.